The highest BCUT2D eigenvalue weighted by molar-refractivity contribution is 9.11. The van der Waals surface area contributed by atoms with E-state index in [0.717, 1.165) is 14.5 Å². The van der Waals surface area contributed by atoms with Crippen LogP contribution < -0.4 is 19.6 Å². The average Bonchev–Trinajstić information content (AvgIpc) is 2.83. The fraction of sp³-hybridized carbons (Fsp3) is 0.154. The Labute approximate surface area is 226 Å². The number of halogens is 3. The van der Waals surface area contributed by atoms with Crippen molar-refractivity contribution in [3.8, 4) is 17.2 Å². The molecular weight excluding hydrogens is 600 g/mol. The molecule has 9 heteroatoms. The molecule has 0 aliphatic rings. The Hall–Kier alpha value is -2.81. The average molecular weight is 623 g/mol. The van der Waals surface area contributed by atoms with Crippen LogP contribution in [0.15, 0.2) is 81.3 Å². The first-order valence-corrected chi connectivity index (χ1v) is 12.6. The summed E-state index contributed by atoms with van der Waals surface area (Å²) in [5.74, 6) is 1.17. The number of hydrogen-bond acceptors (Lipinski definition) is 5. The van der Waals surface area contributed by atoms with Gasteiger partial charge in [-0.25, -0.2) is 5.43 Å². The Morgan fingerprint density at radius 2 is 1.89 bits per heavy atom. The maximum Gasteiger partial charge on any atom is 0.271 e. The lowest BCUT2D eigenvalue weighted by Crippen LogP contribution is -2.18. The predicted octanol–water partition coefficient (Wildman–Crippen LogP) is 7.17. The number of hydrogen-bond donors (Lipinski definition) is 1. The van der Waals surface area contributed by atoms with E-state index in [1.165, 1.54) is 6.21 Å². The SMILES string of the molecule is C=CCOc1ccc(C(=O)N/N=C/c2cc(Br)cc(Br)c2OCc2ccccc2Cl)cc1OCC. The van der Waals surface area contributed by atoms with Crippen molar-refractivity contribution in [2.75, 3.05) is 13.2 Å². The number of carbonyl (C=O) groups excluding carboxylic acids is 1. The van der Waals surface area contributed by atoms with Crippen molar-refractivity contribution < 1.29 is 19.0 Å². The van der Waals surface area contributed by atoms with Gasteiger partial charge in [-0.15, -0.1) is 0 Å². The van der Waals surface area contributed by atoms with Gasteiger partial charge in [-0.1, -0.05) is 58.4 Å². The largest absolute Gasteiger partial charge is 0.490 e. The van der Waals surface area contributed by atoms with Crippen LogP contribution in [0.3, 0.4) is 0 Å². The normalized spacial score (nSPS) is 10.7. The lowest BCUT2D eigenvalue weighted by atomic mass is 10.2. The Kier molecular flexibility index (Phi) is 10.2. The molecule has 0 bridgehead atoms. The van der Waals surface area contributed by atoms with Crippen molar-refractivity contribution in [1.29, 1.82) is 0 Å². The number of rotatable bonds is 11. The van der Waals surface area contributed by atoms with Gasteiger partial charge in [0.2, 0.25) is 0 Å². The maximum atomic E-state index is 12.7. The minimum Gasteiger partial charge on any atom is -0.490 e. The highest BCUT2D eigenvalue weighted by atomic mass is 79.9. The summed E-state index contributed by atoms with van der Waals surface area (Å²) in [5.41, 5.74) is 4.42. The molecule has 182 valence electrons. The van der Waals surface area contributed by atoms with E-state index in [-0.39, 0.29) is 6.61 Å². The Morgan fingerprint density at radius 1 is 1.09 bits per heavy atom. The summed E-state index contributed by atoms with van der Waals surface area (Å²) < 4.78 is 18.7. The van der Waals surface area contributed by atoms with Crippen molar-refractivity contribution >= 4 is 55.6 Å². The number of ether oxygens (including phenoxy) is 3. The first-order valence-electron chi connectivity index (χ1n) is 10.6. The van der Waals surface area contributed by atoms with Crippen molar-refractivity contribution in [2.24, 2.45) is 5.10 Å². The summed E-state index contributed by atoms with van der Waals surface area (Å²) in [4.78, 5) is 12.7. The van der Waals surface area contributed by atoms with Gasteiger partial charge in [0.05, 0.1) is 17.3 Å². The monoisotopic (exact) mass is 620 g/mol. The van der Waals surface area contributed by atoms with Crippen LogP contribution in [0.4, 0.5) is 0 Å². The highest BCUT2D eigenvalue weighted by Gasteiger charge is 2.13. The van der Waals surface area contributed by atoms with Gasteiger partial charge in [-0.3, -0.25) is 4.79 Å². The first kappa shape index (κ1) is 26.8. The summed E-state index contributed by atoms with van der Waals surface area (Å²) in [6.45, 7) is 6.53. The quantitative estimate of drug-likeness (QED) is 0.140. The Morgan fingerprint density at radius 3 is 2.63 bits per heavy atom. The van der Waals surface area contributed by atoms with Crippen LogP contribution in [0.25, 0.3) is 0 Å². The van der Waals surface area contributed by atoms with Gasteiger partial charge < -0.3 is 14.2 Å². The number of carbonyl (C=O) groups is 1. The molecule has 0 saturated carbocycles. The zero-order valence-corrected chi connectivity index (χ0v) is 22.8. The second-order valence-electron chi connectivity index (χ2n) is 7.08. The molecule has 3 aromatic rings. The lowest BCUT2D eigenvalue weighted by Gasteiger charge is -2.13. The zero-order valence-electron chi connectivity index (χ0n) is 18.9. The van der Waals surface area contributed by atoms with E-state index < -0.39 is 5.91 Å². The van der Waals surface area contributed by atoms with Crippen LogP contribution >= 0.6 is 43.5 Å². The van der Waals surface area contributed by atoms with Gasteiger partial charge in [0.15, 0.2) is 11.5 Å². The first-order chi connectivity index (χ1) is 16.9. The molecule has 0 heterocycles. The summed E-state index contributed by atoms with van der Waals surface area (Å²) in [5, 5.41) is 4.74. The van der Waals surface area contributed by atoms with Crippen LogP contribution in [0, 0.1) is 0 Å². The summed E-state index contributed by atoms with van der Waals surface area (Å²) >= 11 is 13.2. The van der Waals surface area contributed by atoms with E-state index in [4.69, 9.17) is 25.8 Å². The van der Waals surface area contributed by atoms with Gasteiger partial charge in [0, 0.05) is 26.2 Å². The molecule has 0 aliphatic carbocycles. The third-order valence-electron chi connectivity index (χ3n) is 4.60. The Balaban J connectivity index is 1.75. The number of nitrogens with zero attached hydrogens (tertiary/aromatic N) is 1. The van der Waals surface area contributed by atoms with E-state index in [9.17, 15) is 4.79 Å². The molecule has 35 heavy (non-hydrogen) atoms. The fourth-order valence-electron chi connectivity index (χ4n) is 3.00. The molecule has 1 amide bonds. The van der Waals surface area contributed by atoms with E-state index in [1.807, 2.05) is 43.3 Å². The molecular formula is C26H23Br2ClN2O4. The summed E-state index contributed by atoms with van der Waals surface area (Å²) in [6.07, 6.45) is 3.15. The van der Waals surface area contributed by atoms with Gasteiger partial charge >= 0.3 is 0 Å². The minimum atomic E-state index is -0.398. The maximum absolute atomic E-state index is 12.7. The van der Waals surface area contributed by atoms with Gasteiger partial charge in [-0.05, 0) is 59.3 Å². The molecule has 0 spiro atoms. The van der Waals surface area contributed by atoms with Crippen molar-refractivity contribution in [2.45, 2.75) is 13.5 Å². The second kappa shape index (κ2) is 13.3. The van der Waals surface area contributed by atoms with E-state index in [0.29, 0.717) is 46.6 Å². The van der Waals surface area contributed by atoms with Crippen molar-refractivity contribution in [3.63, 3.8) is 0 Å². The molecule has 0 aliphatic heterocycles. The van der Waals surface area contributed by atoms with E-state index >= 15 is 0 Å². The molecule has 3 aromatic carbocycles. The molecule has 6 nitrogen and oxygen atoms in total. The summed E-state index contributed by atoms with van der Waals surface area (Å²) in [6, 6.07) is 16.1. The van der Waals surface area contributed by atoms with Crippen molar-refractivity contribution in [1.82, 2.24) is 5.43 Å². The smallest absolute Gasteiger partial charge is 0.271 e. The van der Waals surface area contributed by atoms with Crippen LogP contribution in [0.1, 0.15) is 28.4 Å². The molecule has 0 fully saturated rings. The predicted molar refractivity (Wildman–Crippen MR) is 146 cm³/mol. The van der Waals surface area contributed by atoms with Gasteiger partial charge in [0.25, 0.3) is 5.91 Å². The van der Waals surface area contributed by atoms with Crippen LogP contribution in [0.5, 0.6) is 17.2 Å². The molecule has 0 unspecified atom stereocenters. The third kappa shape index (κ3) is 7.59. The Bertz CT molecular complexity index is 1230. The van der Waals surface area contributed by atoms with Gasteiger partial charge in [-0.2, -0.15) is 5.10 Å². The number of nitrogens with one attached hydrogen (secondary N) is 1. The van der Waals surface area contributed by atoms with Crippen LogP contribution in [-0.4, -0.2) is 25.3 Å². The number of amides is 1. The molecule has 1 N–H and O–H groups in total. The van der Waals surface area contributed by atoms with E-state index in [1.54, 1.807) is 24.3 Å². The van der Waals surface area contributed by atoms with Crippen molar-refractivity contribution in [3.05, 3.63) is 97.9 Å². The van der Waals surface area contributed by atoms with E-state index in [2.05, 4.69) is 49.0 Å². The zero-order chi connectivity index (χ0) is 25.2. The minimum absolute atomic E-state index is 0.271. The standard InChI is InChI=1S/C26H23Br2ClN2O4/c1-3-11-34-23-10-9-17(13-24(23)33-4-2)26(32)31-30-15-19-12-20(27)14-21(28)25(19)35-16-18-7-5-6-8-22(18)29/h3,5-10,12-15H,1,4,11,16H2,2H3,(H,31,32)/b30-15+. The van der Waals surface area contributed by atoms with Gasteiger partial charge in [0.1, 0.15) is 19.0 Å². The number of benzene rings is 3. The molecule has 0 saturated heterocycles. The lowest BCUT2D eigenvalue weighted by molar-refractivity contribution is 0.0954. The highest BCUT2D eigenvalue weighted by Crippen LogP contribution is 2.33. The topological polar surface area (TPSA) is 69.2 Å². The second-order valence-corrected chi connectivity index (χ2v) is 9.26. The third-order valence-corrected chi connectivity index (χ3v) is 6.01. The molecule has 0 aromatic heterocycles. The van der Waals surface area contributed by atoms with Crippen LogP contribution in [0.2, 0.25) is 5.02 Å². The summed E-state index contributed by atoms with van der Waals surface area (Å²) in [7, 11) is 0. The fourth-order valence-corrected chi connectivity index (χ4v) is 4.57. The molecule has 3 rings (SSSR count). The molecule has 0 radical (unpaired) electrons. The number of hydrazone groups is 1. The van der Waals surface area contributed by atoms with Crippen LogP contribution in [-0.2, 0) is 6.61 Å². The molecule has 0 atom stereocenters.